The molecule has 0 bridgehead atoms. The van der Waals surface area contributed by atoms with E-state index in [4.69, 9.17) is 0 Å². The van der Waals surface area contributed by atoms with Gasteiger partial charge in [-0.1, -0.05) is 77.2 Å². The monoisotopic (exact) mass is 246 g/mol. The minimum absolute atomic E-state index is 0. The highest BCUT2D eigenvalue weighted by Gasteiger charge is 2.09. The van der Waals surface area contributed by atoms with Gasteiger partial charge in [0.25, 0.3) is 0 Å². The molecule has 0 saturated heterocycles. The largest absolute Gasteiger partial charge is 0.0776 e. The highest BCUT2D eigenvalue weighted by atomic mass is 14.2. The predicted octanol–water partition coefficient (Wildman–Crippen LogP) is 6.90. The molecule has 0 aromatic heterocycles. The number of rotatable bonds is 4. The predicted molar refractivity (Wildman–Crippen MR) is 86.6 cm³/mol. The Morgan fingerprint density at radius 3 is 0.765 bits per heavy atom. The summed E-state index contributed by atoms with van der Waals surface area (Å²) in [6, 6.07) is 0. The fourth-order valence-corrected chi connectivity index (χ4v) is 1.71. The second-order valence-corrected chi connectivity index (χ2v) is 6.37. The van der Waals surface area contributed by atoms with Crippen LogP contribution in [0.5, 0.6) is 0 Å². The molecule has 0 aromatic carbocycles. The van der Waals surface area contributed by atoms with Gasteiger partial charge >= 0.3 is 0 Å². The Hall–Kier alpha value is 0. The van der Waals surface area contributed by atoms with Gasteiger partial charge in [-0.2, -0.15) is 0 Å². The van der Waals surface area contributed by atoms with Gasteiger partial charge in [0.15, 0.2) is 0 Å². The van der Waals surface area contributed by atoms with Gasteiger partial charge in [0.05, 0.1) is 0 Å². The summed E-state index contributed by atoms with van der Waals surface area (Å²) in [5.41, 5.74) is 0. The van der Waals surface area contributed by atoms with E-state index in [1.54, 1.807) is 0 Å². The van der Waals surface area contributed by atoms with Crippen LogP contribution in [0.1, 0.15) is 83.6 Å². The lowest BCUT2D eigenvalue weighted by atomic mass is 9.88. The van der Waals surface area contributed by atoms with Crippen LogP contribution in [0.25, 0.3) is 0 Å². The Morgan fingerprint density at radius 2 is 0.765 bits per heavy atom. The smallest absolute Gasteiger partial charge is 0.0396 e. The topological polar surface area (TPSA) is 0 Å². The lowest BCUT2D eigenvalue weighted by molar-refractivity contribution is 0.316. The summed E-state index contributed by atoms with van der Waals surface area (Å²) in [4.78, 5) is 0. The van der Waals surface area contributed by atoms with Crippen molar-refractivity contribution in [2.75, 3.05) is 0 Å². The third-order valence-corrected chi connectivity index (χ3v) is 3.05. The fourth-order valence-electron chi connectivity index (χ4n) is 1.71. The number of hydrogen-bond donors (Lipinski definition) is 0. The average Bonchev–Trinajstić information content (AvgIpc) is 2.00. The van der Waals surface area contributed by atoms with E-state index in [1.807, 2.05) is 0 Å². The Morgan fingerprint density at radius 1 is 0.529 bits per heavy atom. The maximum atomic E-state index is 2.31. The highest BCUT2D eigenvalue weighted by Crippen LogP contribution is 2.18. The van der Waals surface area contributed by atoms with Crippen molar-refractivity contribution < 1.29 is 0 Å². The molecule has 0 aliphatic carbocycles. The Kier molecular flexibility index (Phi) is 21.3. The zero-order valence-electron chi connectivity index (χ0n) is 12.6. The van der Waals surface area contributed by atoms with Gasteiger partial charge in [-0.05, 0) is 36.0 Å². The SMILES string of the molecule is C.C.CC(C)C(C)C(C)C.CC(C)CC(C)C. The molecule has 0 aliphatic rings. The molecule has 0 aromatic rings. The van der Waals surface area contributed by atoms with Gasteiger partial charge < -0.3 is 0 Å². The molecule has 0 rings (SSSR count). The fraction of sp³-hybridized carbons (Fsp3) is 1.00. The zero-order valence-corrected chi connectivity index (χ0v) is 12.6. The maximum Gasteiger partial charge on any atom is -0.0396 e. The lowest BCUT2D eigenvalue weighted by Gasteiger charge is -2.18. The Bertz CT molecular complexity index is 106. The first-order valence-electron chi connectivity index (χ1n) is 6.68. The van der Waals surface area contributed by atoms with Gasteiger partial charge in [0.1, 0.15) is 0 Å². The van der Waals surface area contributed by atoms with Crippen LogP contribution >= 0.6 is 0 Å². The van der Waals surface area contributed by atoms with E-state index in [0.29, 0.717) is 0 Å². The molecule has 0 nitrogen and oxygen atoms in total. The molecule has 0 heterocycles. The van der Waals surface area contributed by atoms with Gasteiger partial charge in [0, 0.05) is 0 Å². The van der Waals surface area contributed by atoms with Gasteiger partial charge in [-0.25, -0.2) is 0 Å². The second-order valence-electron chi connectivity index (χ2n) is 6.37. The molecule has 17 heavy (non-hydrogen) atoms. The van der Waals surface area contributed by atoms with Crippen LogP contribution in [0, 0.1) is 29.6 Å². The standard InChI is InChI=1S/C8H18.C7H16.2CH4/c1-6(2)8(5)7(3)4;1-6(2)5-7(3)4;;/h6-8H,1-5H3;6-7H,5H2,1-4H3;2*1H4. The molecular formula is C17H42. The quantitative estimate of drug-likeness (QED) is 0.506. The third kappa shape index (κ3) is 21.8. The summed E-state index contributed by atoms with van der Waals surface area (Å²) in [5, 5.41) is 0. The average molecular weight is 247 g/mol. The van der Waals surface area contributed by atoms with E-state index >= 15 is 0 Å². The van der Waals surface area contributed by atoms with Crippen LogP contribution in [0.4, 0.5) is 0 Å². The van der Waals surface area contributed by atoms with Crippen molar-refractivity contribution in [1.29, 1.82) is 0 Å². The van der Waals surface area contributed by atoms with Crippen LogP contribution in [-0.2, 0) is 0 Å². The third-order valence-electron chi connectivity index (χ3n) is 3.05. The normalized spacial score (nSPS) is 10.2. The summed E-state index contributed by atoms with van der Waals surface area (Å²) in [6.45, 7) is 20.5. The Labute approximate surface area is 114 Å². The van der Waals surface area contributed by atoms with Crippen molar-refractivity contribution in [2.24, 2.45) is 29.6 Å². The molecule has 0 atom stereocenters. The molecule has 0 spiro atoms. The molecule has 0 radical (unpaired) electrons. The molecule has 0 N–H and O–H groups in total. The molecule has 0 unspecified atom stereocenters. The zero-order chi connectivity index (χ0) is 12.6. The van der Waals surface area contributed by atoms with Gasteiger partial charge in [0.2, 0.25) is 0 Å². The van der Waals surface area contributed by atoms with E-state index in [9.17, 15) is 0 Å². The molecule has 0 saturated carbocycles. The molecule has 0 aliphatic heterocycles. The van der Waals surface area contributed by atoms with Crippen molar-refractivity contribution in [1.82, 2.24) is 0 Å². The first-order valence-corrected chi connectivity index (χ1v) is 6.68. The first kappa shape index (κ1) is 25.8. The van der Waals surface area contributed by atoms with Gasteiger partial charge in [-0.3, -0.25) is 0 Å². The Balaban J connectivity index is -0.0000000896. The van der Waals surface area contributed by atoms with Crippen molar-refractivity contribution in [3.8, 4) is 0 Å². The highest BCUT2D eigenvalue weighted by molar-refractivity contribution is 4.59. The summed E-state index contributed by atoms with van der Waals surface area (Å²) >= 11 is 0. The summed E-state index contributed by atoms with van der Waals surface area (Å²) in [5.74, 6) is 4.31. The molecule has 0 heteroatoms. The van der Waals surface area contributed by atoms with E-state index in [0.717, 1.165) is 29.6 Å². The van der Waals surface area contributed by atoms with Crippen LogP contribution < -0.4 is 0 Å². The van der Waals surface area contributed by atoms with Crippen LogP contribution in [0.15, 0.2) is 0 Å². The molecular weight excluding hydrogens is 204 g/mol. The van der Waals surface area contributed by atoms with Crippen LogP contribution in [0.2, 0.25) is 0 Å². The maximum absolute atomic E-state index is 2.31. The lowest BCUT2D eigenvalue weighted by Crippen LogP contribution is -2.10. The van der Waals surface area contributed by atoms with Crippen LogP contribution in [-0.4, -0.2) is 0 Å². The van der Waals surface area contributed by atoms with Crippen LogP contribution in [0.3, 0.4) is 0 Å². The minimum Gasteiger partial charge on any atom is -0.0776 e. The van der Waals surface area contributed by atoms with E-state index < -0.39 is 0 Å². The van der Waals surface area contributed by atoms with E-state index in [-0.39, 0.29) is 14.9 Å². The minimum atomic E-state index is 0. The molecule has 0 fully saturated rings. The van der Waals surface area contributed by atoms with Crippen molar-refractivity contribution in [2.45, 2.75) is 83.6 Å². The summed E-state index contributed by atoms with van der Waals surface area (Å²) < 4.78 is 0. The van der Waals surface area contributed by atoms with Crippen molar-refractivity contribution in [3.05, 3.63) is 0 Å². The van der Waals surface area contributed by atoms with E-state index in [2.05, 4.69) is 62.3 Å². The molecule has 110 valence electrons. The van der Waals surface area contributed by atoms with Gasteiger partial charge in [-0.15, -0.1) is 0 Å². The molecule has 0 amide bonds. The van der Waals surface area contributed by atoms with Crippen molar-refractivity contribution in [3.63, 3.8) is 0 Å². The number of hydrogen-bond acceptors (Lipinski definition) is 0. The summed E-state index contributed by atoms with van der Waals surface area (Å²) in [7, 11) is 0. The first-order chi connectivity index (χ1) is 6.68. The van der Waals surface area contributed by atoms with Crippen molar-refractivity contribution >= 4 is 0 Å². The second kappa shape index (κ2) is 14.1. The summed E-state index contributed by atoms with van der Waals surface area (Å²) in [6.07, 6.45) is 1.36. The van der Waals surface area contributed by atoms with E-state index in [1.165, 1.54) is 6.42 Å².